The van der Waals surface area contributed by atoms with Gasteiger partial charge in [0.15, 0.2) is 0 Å². The molecule has 0 aromatic heterocycles. The second kappa shape index (κ2) is 9.09. The van der Waals surface area contributed by atoms with Crippen LogP contribution in [-0.4, -0.2) is 0 Å². The van der Waals surface area contributed by atoms with Crippen LogP contribution in [-0.2, 0) is 0 Å². The van der Waals surface area contributed by atoms with E-state index in [1.807, 2.05) is 13.8 Å². The molecule has 0 aliphatic heterocycles. The van der Waals surface area contributed by atoms with E-state index in [0.29, 0.717) is 0 Å². The Hall–Kier alpha value is 0. The Morgan fingerprint density at radius 3 is 1.50 bits per heavy atom. The minimum absolute atomic E-state index is 0.865. The van der Waals surface area contributed by atoms with Gasteiger partial charge in [-0.05, 0) is 24.2 Å². The SMILES string of the molecule is CC.CCC(C)C(C)CC(C)C. The summed E-state index contributed by atoms with van der Waals surface area (Å²) in [5.74, 6) is 2.68. The molecular weight excluding hydrogens is 144 g/mol. The van der Waals surface area contributed by atoms with E-state index in [2.05, 4.69) is 34.6 Å². The van der Waals surface area contributed by atoms with E-state index >= 15 is 0 Å². The molecule has 0 nitrogen and oxygen atoms in total. The number of rotatable bonds is 4. The minimum atomic E-state index is 0.865. The molecule has 0 saturated carbocycles. The van der Waals surface area contributed by atoms with Gasteiger partial charge in [0.2, 0.25) is 0 Å². The van der Waals surface area contributed by atoms with Crippen molar-refractivity contribution < 1.29 is 0 Å². The molecule has 0 rings (SSSR count). The summed E-state index contributed by atoms with van der Waals surface area (Å²) in [4.78, 5) is 0. The lowest BCUT2D eigenvalue weighted by Crippen LogP contribution is -2.09. The van der Waals surface area contributed by atoms with Crippen molar-refractivity contribution >= 4 is 0 Å². The van der Waals surface area contributed by atoms with Gasteiger partial charge in [0, 0.05) is 0 Å². The van der Waals surface area contributed by atoms with Crippen LogP contribution in [0.5, 0.6) is 0 Å². The Morgan fingerprint density at radius 2 is 1.25 bits per heavy atom. The summed E-state index contributed by atoms with van der Waals surface area (Å²) in [7, 11) is 0. The van der Waals surface area contributed by atoms with Crippen LogP contribution in [0.1, 0.15) is 61.3 Å². The Labute approximate surface area is 79.8 Å². The first kappa shape index (κ1) is 14.5. The Balaban J connectivity index is 0. The van der Waals surface area contributed by atoms with E-state index in [1.54, 1.807) is 0 Å². The van der Waals surface area contributed by atoms with Crippen molar-refractivity contribution in [3.8, 4) is 0 Å². The van der Waals surface area contributed by atoms with Gasteiger partial charge in [-0.3, -0.25) is 0 Å². The zero-order chi connectivity index (χ0) is 10.1. The molecule has 12 heavy (non-hydrogen) atoms. The third kappa shape index (κ3) is 8.10. The fourth-order valence-corrected chi connectivity index (χ4v) is 1.38. The van der Waals surface area contributed by atoms with Crippen LogP contribution in [0.25, 0.3) is 0 Å². The summed E-state index contributed by atoms with van der Waals surface area (Å²) in [6, 6.07) is 0. The van der Waals surface area contributed by atoms with Gasteiger partial charge in [-0.2, -0.15) is 0 Å². The summed E-state index contributed by atoms with van der Waals surface area (Å²) >= 11 is 0. The lowest BCUT2D eigenvalue weighted by atomic mass is 9.87. The van der Waals surface area contributed by atoms with Crippen molar-refractivity contribution in [2.24, 2.45) is 17.8 Å². The molecule has 2 unspecified atom stereocenters. The summed E-state index contributed by atoms with van der Waals surface area (Å²) in [6.07, 6.45) is 2.71. The van der Waals surface area contributed by atoms with Gasteiger partial charge in [-0.15, -0.1) is 0 Å². The molecule has 0 saturated heterocycles. The summed E-state index contributed by atoms with van der Waals surface area (Å²) in [5, 5.41) is 0. The van der Waals surface area contributed by atoms with E-state index in [-0.39, 0.29) is 0 Å². The van der Waals surface area contributed by atoms with E-state index in [0.717, 1.165) is 17.8 Å². The third-order valence-corrected chi connectivity index (χ3v) is 2.46. The molecule has 0 spiro atoms. The molecule has 0 aliphatic carbocycles. The highest BCUT2D eigenvalue weighted by Crippen LogP contribution is 2.21. The van der Waals surface area contributed by atoms with Gasteiger partial charge < -0.3 is 0 Å². The van der Waals surface area contributed by atoms with Crippen LogP contribution < -0.4 is 0 Å². The number of hydrogen-bond donors (Lipinski definition) is 0. The monoisotopic (exact) mass is 172 g/mol. The van der Waals surface area contributed by atoms with Crippen LogP contribution in [0.2, 0.25) is 0 Å². The van der Waals surface area contributed by atoms with Crippen LogP contribution >= 0.6 is 0 Å². The smallest absolute Gasteiger partial charge is 0.0415 e. The van der Waals surface area contributed by atoms with Gasteiger partial charge >= 0.3 is 0 Å². The van der Waals surface area contributed by atoms with Crippen LogP contribution in [0, 0.1) is 17.8 Å². The quantitative estimate of drug-likeness (QED) is 0.574. The molecular formula is C12H28. The van der Waals surface area contributed by atoms with Crippen molar-refractivity contribution in [3.05, 3.63) is 0 Å². The Kier molecular flexibility index (Phi) is 11.0. The zero-order valence-electron chi connectivity index (χ0n) is 10.1. The van der Waals surface area contributed by atoms with Crippen LogP contribution in [0.15, 0.2) is 0 Å². The molecule has 0 heteroatoms. The summed E-state index contributed by atoms with van der Waals surface area (Å²) in [6.45, 7) is 15.6. The first-order valence-electron chi connectivity index (χ1n) is 5.57. The first-order valence-corrected chi connectivity index (χ1v) is 5.57. The van der Waals surface area contributed by atoms with Crippen molar-refractivity contribution in [1.29, 1.82) is 0 Å². The molecule has 0 amide bonds. The van der Waals surface area contributed by atoms with Gasteiger partial charge in [-0.1, -0.05) is 54.9 Å². The fourth-order valence-electron chi connectivity index (χ4n) is 1.38. The number of hydrogen-bond acceptors (Lipinski definition) is 0. The third-order valence-electron chi connectivity index (χ3n) is 2.46. The van der Waals surface area contributed by atoms with Gasteiger partial charge in [-0.25, -0.2) is 0 Å². The van der Waals surface area contributed by atoms with E-state index in [9.17, 15) is 0 Å². The summed E-state index contributed by atoms with van der Waals surface area (Å²) in [5.41, 5.74) is 0. The lowest BCUT2D eigenvalue weighted by molar-refractivity contribution is 0.316. The molecule has 76 valence electrons. The molecule has 0 fully saturated rings. The normalized spacial score (nSPS) is 15.0. The Bertz CT molecular complexity index is 74.1. The fraction of sp³-hybridized carbons (Fsp3) is 1.00. The highest BCUT2D eigenvalue weighted by atomic mass is 14.2. The maximum atomic E-state index is 2.37. The topological polar surface area (TPSA) is 0 Å². The van der Waals surface area contributed by atoms with E-state index < -0.39 is 0 Å². The largest absolute Gasteiger partial charge is 0.0683 e. The second-order valence-corrected chi connectivity index (χ2v) is 3.99. The van der Waals surface area contributed by atoms with Gasteiger partial charge in [0.25, 0.3) is 0 Å². The predicted octanol–water partition coefficient (Wildman–Crippen LogP) is 4.74. The average molecular weight is 172 g/mol. The van der Waals surface area contributed by atoms with Gasteiger partial charge in [0.1, 0.15) is 0 Å². The molecule has 0 aromatic rings. The Morgan fingerprint density at radius 1 is 0.833 bits per heavy atom. The lowest BCUT2D eigenvalue weighted by Gasteiger charge is -2.19. The van der Waals surface area contributed by atoms with Crippen molar-refractivity contribution in [2.45, 2.75) is 61.3 Å². The average Bonchev–Trinajstić information content (AvgIpc) is 2.05. The molecule has 0 aromatic carbocycles. The van der Waals surface area contributed by atoms with Crippen molar-refractivity contribution in [1.82, 2.24) is 0 Å². The van der Waals surface area contributed by atoms with Crippen LogP contribution in [0.3, 0.4) is 0 Å². The predicted molar refractivity (Wildman–Crippen MR) is 59.4 cm³/mol. The highest BCUT2D eigenvalue weighted by Gasteiger charge is 2.10. The zero-order valence-corrected chi connectivity index (χ0v) is 10.1. The maximum absolute atomic E-state index is 2.37. The minimum Gasteiger partial charge on any atom is -0.0683 e. The second-order valence-electron chi connectivity index (χ2n) is 3.99. The standard InChI is InChI=1S/C10H22.C2H6/c1-6-9(4)10(5)7-8(2)3;1-2/h8-10H,6-7H2,1-5H3;1-2H3. The maximum Gasteiger partial charge on any atom is -0.0415 e. The molecule has 0 radical (unpaired) electrons. The van der Waals surface area contributed by atoms with Crippen molar-refractivity contribution in [3.63, 3.8) is 0 Å². The summed E-state index contributed by atoms with van der Waals surface area (Å²) < 4.78 is 0. The van der Waals surface area contributed by atoms with E-state index in [4.69, 9.17) is 0 Å². The molecule has 0 aliphatic rings. The molecule has 0 N–H and O–H groups in total. The van der Waals surface area contributed by atoms with Gasteiger partial charge in [0.05, 0.1) is 0 Å². The van der Waals surface area contributed by atoms with E-state index in [1.165, 1.54) is 12.8 Å². The molecule has 2 atom stereocenters. The highest BCUT2D eigenvalue weighted by molar-refractivity contribution is 4.61. The molecule has 0 bridgehead atoms. The van der Waals surface area contributed by atoms with Crippen LogP contribution in [0.4, 0.5) is 0 Å². The van der Waals surface area contributed by atoms with Crippen molar-refractivity contribution in [2.75, 3.05) is 0 Å². The first-order chi connectivity index (χ1) is 5.57. The molecule has 0 heterocycles.